The average molecular weight is 343 g/mol. The zero-order valence-electron chi connectivity index (χ0n) is 13.7. The molecule has 1 saturated heterocycles. The molecule has 0 spiro atoms. The van der Waals surface area contributed by atoms with Crippen LogP contribution in [0.25, 0.3) is 0 Å². The van der Waals surface area contributed by atoms with Crippen LogP contribution in [0.1, 0.15) is 10.4 Å². The molecule has 0 N–H and O–H groups in total. The van der Waals surface area contributed by atoms with E-state index >= 15 is 0 Å². The van der Waals surface area contributed by atoms with E-state index in [2.05, 4.69) is 9.97 Å². The molecule has 0 bridgehead atoms. The number of aromatic nitrogens is 2. The maximum absolute atomic E-state index is 12.6. The number of nitro groups is 1. The van der Waals surface area contributed by atoms with Gasteiger partial charge in [-0.1, -0.05) is 0 Å². The van der Waals surface area contributed by atoms with E-state index in [9.17, 15) is 14.9 Å². The summed E-state index contributed by atoms with van der Waals surface area (Å²) in [7, 11) is 1.36. The Morgan fingerprint density at radius 3 is 2.48 bits per heavy atom. The first kappa shape index (κ1) is 16.6. The van der Waals surface area contributed by atoms with Crippen LogP contribution in [-0.2, 0) is 0 Å². The number of ether oxygens (including phenoxy) is 1. The Balaban J connectivity index is 1.70. The lowest BCUT2D eigenvalue weighted by molar-refractivity contribution is -0.385. The number of carbonyl (C=O) groups is 1. The first-order chi connectivity index (χ1) is 12.1. The number of rotatable bonds is 4. The SMILES string of the molecule is COc1ccc(C(=O)N2CCN(c3ncccn3)CC2)cc1[N+](=O)[O-]. The molecule has 1 aromatic carbocycles. The Bertz CT molecular complexity index is 775. The number of anilines is 1. The second-order valence-electron chi connectivity index (χ2n) is 5.47. The number of hydrogen-bond acceptors (Lipinski definition) is 7. The van der Waals surface area contributed by atoms with E-state index < -0.39 is 4.92 Å². The molecule has 2 heterocycles. The molecule has 0 unspecified atom stereocenters. The van der Waals surface area contributed by atoms with Gasteiger partial charge in [-0.25, -0.2) is 9.97 Å². The third kappa shape index (κ3) is 3.49. The standard InChI is InChI=1S/C16H17N5O4/c1-25-14-4-3-12(11-13(14)21(23)24)15(22)19-7-9-20(10-8-19)16-17-5-2-6-18-16/h2-6,11H,7-10H2,1H3. The van der Waals surface area contributed by atoms with Crippen molar-refractivity contribution in [2.75, 3.05) is 38.2 Å². The van der Waals surface area contributed by atoms with Gasteiger partial charge in [-0.15, -0.1) is 0 Å². The van der Waals surface area contributed by atoms with Gasteiger partial charge in [0.2, 0.25) is 5.95 Å². The van der Waals surface area contributed by atoms with Gasteiger partial charge in [-0.05, 0) is 18.2 Å². The molecule has 0 atom stereocenters. The average Bonchev–Trinajstić information content (AvgIpc) is 2.67. The number of amides is 1. The van der Waals surface area contributed by atoms with Gasteiger partial charge in [-0.2, -0.15) is 0 Å². The number of nitrogens with zero attached hydrogens (tertiary/aromatic N) is 5. The molecule has 1 amide bonds. The Morgan fingerprint density at radius 2 is 1.88 bits per heavy atom. The van der Waals surface area contributed by atoms with Crippen LogP contribution in [0.2, 0.25) is 0 Å². The summed E-state index contributed by atoms with van der Waals surface area (Å²) in [5, 5.41) is 11.1. The molecule has 25 heavy (non-hydrogen) atoms. The monoisotopic (exact) mass is 343 g/mol. The molecule has 0 saturated carbocycles. The van der Waals surface area contributed by atoms with E-state index in [-0.39, 0.29) is 22.9 Å². The van der Waals surface area contributed by atoms with Crippen LogP contribution in [0.4, 0.5) is 11.6 Å². The van der Waals surface area contributed by atoms with Crippen molar-refractivity contribution in [3.63, 3.8) is 0 Å². The lowest BCUT2D eigenvalue weighted by atomic mass is 10.1. The van der Waals surface area contributed by atoms with Gasteiger partial charge in [-0.3, -0.25) is 14.9 Å². The third-order valence-corrected chi connectivity index (χ3v) is 4.02. The molecule has 130 valence electrons. The molecule has 1 aliphatic heterocycles. The number of benzene rings is 1. The zero-order chi connectivity index (χ0) is 17.8. The van der Waals surface area contributed by atoms with Crippen LogP contribution in [0.3, 0.4) is 0 Å². The summed E-state index contributed by atoms with van der Waals surface area (Å²) in [5.74, 6) is 0.529. The Labute approximate surface area is 144 Å². The maximum atomic E-state index is 12.6. The van der Waals surface area contributed by atoms with Gasteiger partial charge in [0.05, 0.1) is 12.0 Å². The smallest absolute Gasteiger partial charge is 0.311 e. The molecule has 9 heteroatoms. The molecule has 0 radical (unpaired) electrons. The lowest BCUT2D eigenvalue weighted by Crippen LogP contribution is -2.49. The van der Waals surface area contributed by atoms with Crippen molar-refractivity contribution in [2.24, 2.45) is 0 Å². The van der Waals surface area contributed by atoms with Crippen molar-refractivity contribution in [2.45, 2.75) is 0 Å². The predicted octanol–water partition coefficient (Wildman–Crippen LogP) is 1.36. The summed E-state index contributed by atoms with van der Waals surface area (Å²) < 4.78 is 4.96. The fraction of sp³-hybridized carbons (Fsp3) is 0.312. The molecule has 2 aromatic rings. The van der Waals surface area contributed by atoms with Crippen LogP contribution in [-0.4, -0.2) is 59.0 Å². The highest BCUT2D eigenvalue weighted by Crippen LogP contribution is 2.28. The molecule has 1 aromatic heterocycles. The normalized spacial score (nSPS) is 14.3. The molecular weight excluding hydrogens is 326 g/mol. The lowest BCUT2D eigenvalue weighted by Gasteiger charge is -2.34. The number of carbonyl (C=O) groups excluding carboxylic acids is 1. The highest BCUT2D eigenvalue weighted by Gasteiger charge is 2.25. The van der Waals surface area contributed by atoms with Gasteiger partial charge < -0.3 is 14.5 Å². The van der Waals surface area contributed by atoms with Gasteiger partial charge in [0.1, 0.15) is 0 Å². The summed E-state index contributed by atoms with van der Waals surface area (Å²) >= 11 is 0. The second-order valence-corrected chi connectivity index (χ2v) is 5.47. The van der Waals surface area contributed by atoms with Gasteiger partial charge in [0.25, 0.3) is 5.91 Å². The largest absolute Gasteiger partial charge is 0.490 e. The predicted molar refractivity (Wildman–Crippen MR) is 89.8 cm³/mol. The van der Waals surface area contributed by atoms with Gasteiger partial charge >= 0.3 is 5.69 Å². The summed E-state index contributed by atoms with van der Waals surface area (Å²) in [6.07, 6.45) is 3.35. The van der Waals surface area contributed by atoms with E-state index in [1.165, 1.54) is 19.2 Å². The molecule has 1 aliphatic rings. The van der Waals surface area contributed by atoms with Crippen LogP contribution >= 0.6 is 0 Å². The van der Waals surface area contributed by atoms with Crippen molar-refractivity contribution >= 4 is 17.5 Å². The molecular formula is C16H17N5O4. The van der Waals surface area contributed by atoms with Crippen molar-refractivity contribution in [1.82, 2.24) is 14.9 Å². The van der Waals surface area contributed by atoms with E-state index in [0.717, 1.165) is 0 Å². The number of hydrogen-bond donors (Lipinski definition) is 0. The van der Waals surface area contributed by atoms with Crippen molar-refractivity contribution in [3.8, 4) is 5.75 Å². The molecule has 9 nitrogen and oxygen atoms in total. The van der Waals surface area contributed by atoms with Crippen molar-refractivity contribution < 1.29 is 14.5 Å². The first-order valence-electron chi connectivity index (χ1n) is 7.74. The minimum absolute atomic E-state index is 0.132. The van der Waals surface area contributed by atoms with Gasteiger partial charge in [0.15, 0.2) is 5.75 Å². The Kier molecular flexibility index (Phi) is 4.73. The molecule has 1 fully saturated rings. The Hall–Kier alpha value is -3.23. The fourth-order valence-corrected chi connectivity index (χ4v) is 2.71. The topological polar surface area (TPSA) is 102 Å². The summed E-state index contributed by atoms with van der Waals surface area (Å²) in [4.78, 5) is 35.3. The molecule has 3 rings (SSSR count). The highest BCUT2D eigenvalue weighted by atomic mass is 16.6. The number of nitro benzene ring substituents is 1. The van der Waals surface area contributed by atoms with E-state index in [0.29, 0.717) is 32.1 Å². The Morgan fingerprint density at radius 1 is 1.20 bits per heavy atom. The van der Waals surface area contributed by atoms with E-state index in [1.54, 1.807) is 29.4 Å². The summed E-state index contributed by atoms with van der Waals surface area (Å²) in [5.41, 5.74) is 0.0570. The van der Waals surface area contributed by atoms with Crippen LogP contribution in [0.5, 0.6) is 5.75 Å². The quantitative estimate of drug-likeness (QED) is 0.610. The van der Waals surface area contributed by atoms with Crippen LogP contribution in [0.15, 0.2) is 36.7 Å². The van der Waals surface area contributed by atoms with E-state index in [4.69, 9.17) is 4.74 Å². The van der Waals surface area contributed by atoms with Crippen LogP contribution < -0.4 is 9.64 Å². The van der Waals surface area contributed by atoms with Crippen molar-refractivity contribution in [3.05, 3.63) is 52.3 Å². The fourth-order valence-electron chi connectivity index (χ4n) is 2.71. The number of piperazine rings is 1. The minimum atomic E-state index is -0.555. The summed E-state index contributed by atoms with van der Waals surface area (Å²) in [6.45, 7) is 2.20. The van der Waals surface area contributed by atoms with E-state index in [1.807, 2.05) is 4.90 Å². The highest BCUT2D eigenvalue weighted by molar-refractivity contribution is 5.95. The third-order valence-electron chi connectivity index (χ3n) is 4.02. The van der Waals surface area contributed by atoms with Crippen molar-refractivity contribution in [1.29, 1.82) is 0 Å². The summed E-state index contributed by atoms with van der Waals surface area (Å²) in [6, 6.07) is 5.99. The molecule has 0 aliphatic carbocycles. The maximum Gasteiger partial charge on any atom is 0.311 e. The van der Waals surface area contributed by atoms with Gasteiger partial charge in [0, 0.05) is 50.2 Å². The minimum Gasteiger partial charge on any atom is -0.490 e. The first-order valence-corrected chi connectivity index (χ1v) is 7.74. The van der Waals surface area contributed by atoms with Crippen LogP contribution in [0, 0.1) is 10.1 Å². The zero-order valence-corrected chi connectivity index (χ0v) is 13.7. The second kappa shape index (κ2) is 7.12. The number of methoxy groups -OCH3 is 1.